The van der Waals surface area contributed by atoms with E-state index in [0.717, 1.165) is 50.3 Å². The van der Waals surface area contributed by atoms with E-state index in [2.05, 4.69) is 55.0 Å². The highest BCUT2D eigenvalue weighted by atomic mass is 32.1. The fourth-order valence-corrected chi connectivity index (χ4v) is 3.28. The van der Waals surface area contributed by atoms with Gasteiger partial charge in [0.15, 0.2) is 10.8 Å². The fourth-order valence-electron chi connectivity index (χ4n) is 2.61. The summed E-state index contributed by atoms with van der Waals surface area (Å²) in [4.78, 5) is 8.31. The Bertz CT molecular complexity index is 949. The zero-order valence-corrected chi connectivity index (χ0v) is 18.2. The predicted molar refractivity (Wildman–Crippen MR) is 118 cm³/mol. The van der Waals surface area contributed by atoms with E-state index in [4.69, 9.17) is 6.57 Å². The van der Waals surface area contributed by atoms with Crippen LogP contribution in [-0.2, 0) is 0 Å². The number of hydrogen-bond acceptors (Lipinski definition) is 8. The van der Waals surface area contributed by atoms with Crippen molar-refractivity contribution in [1.29, 1.82) is 5.26 Å². The van der Waals surface area contributed by atoms with Gasteiger partial charge in [-0.25, -0.2) is 9.83 Å². The zero-order chi connectivity index (χ0) is 21.2. The molecule has 2 heterocycles. The molecule has 0 radical (unpaired) electrons. The molecule has 0 aliphatic rings. The molecule has 29 heavy (non-hydrogen) atoms. The van der Waals surface area contributed by atoms with Crippen LogP contribution in [0.15, 0.2) is 10.2 Å². The second kappa shape index (κ2) is 11.1. The van der Waals surface area contributed by atoms with Gasteiger partial charge in [0.25, 0.3) is 0 Å². The number of rotatable bonds is 10. The quantitative estimate of drug-likeness (QED) is 0.267. The van der Waals surface area contributed by atoms with Gasteiger partial charge in [-0.15, -0.1) is 10.2 Å². The highest BCUT2D eigenvalue weighted by Gasteiger charge is 2.18. The molecule has 152 valence electrons. The zero-order valence-electron chi connectivity index (χ0n) is 17.3. The van der Waals surface area contributed by atoms with E-state index in [1.807, 2.05) is 6.92 Å². The summed E-state index contributed by atoms with van der Waals surface area (Å²) in [6.45, 7) is 17.0. The third kappa shape index (κ3) is 5.49. The van der Waals surface area contributed by atoms with Crippen LogP contribution in [0, 0.1) is 31.8 Å². The van der Waals surface area contributed by atoms with Crippen molar-refractivity contribution in [2.75, 3.05) is 23.7 Å². The Morgan fingerprint density at radius 3 is 2.34 bits per heavy atom. The minimum absolute atomic E-state index is 0.424. The molecule has 0 atom stereocenters. The van der Waals surface area contributed by atoms with Crippen molar-refractivity contribution >= 4 is 39.5 Å². The molecule has 0 unspecified atom stereocenters. The fraction of sp³-hybridized carbons (Fsp3) is 0.500. The van der Waals surface area contributed by atoms with Gasteiger partial charge in [0.05, 0.1) is 12.3 Å². The van der Waals surface area contributed by atoms with E-state index < -0.39 is 0 Å². The van der Waals surface area contributed by atoms with Crippen molar-refractivity contribution in [1.82, 2.24) is 9.36 Å². The maximum Gasteiger partial charge on any atom is 0.233 e. The van der Waals surface area contributed by atoms with Crippen molar-refractivity contribution in [3.63, 3.8) is 0 Å². The van der Waals surface area contributed by atoms with Crippen LogP contribution in [0.4, 0.5) is 28.0 Å². The number of nitrogens with zero attached hydrogens (tertiary/aromatic N) is 6. The molecule has 2 rings (SSSR count). The lowest BCUT2D eigenvalue weighted by Gasteiger charge is -2.15. The molecule has 9 heteroatoms. The summed E-state index contributed by atoms with van der Waals surface area (Å²) in [6, 6.07) is 2.12. The Kier molecular flexibility index (Phi) is 8.50. The van der Waals surface area contributed by atoms with Gasteiger partial charge < -0.3 is 10.6 Å². The Morgan fingerprint density at radius 1 is 1.10 bits per heavy atom. The molecule has 0 aliphatic carbocycles. The number of aryl methyl sites for hydroxylation is 1. The minimum Gasteiger partial charge on any atom is -0.379 e. The summed E-state index contributed by atoms with van der Waals surface area (Å²) in [6.07, 6.45) is 4.10. The molecule has 0 amide bonds. The van der Waals surface area contributed by atoms with Gasteiger partial charge >= 0.3 is 0 Å². The third-order valence-electron chi connectivity index (χ3n) is 4.34. The molecule has 0 aromatic carbocycles. The van der Waals surface area contributed by atoms with Gasteiger partial charge in [-0.05, 0) is 43.8 Å². The summed E-state index contributed by atoms with van der Waals surface area (Å²) < 4.78 is 4.17. The third-order valence-corrected chi connectivity index (χ3v) is 5.16. The van der Waals surface area contributed by atoms with Crippen LogP contribution in [0.3, 0.4) is 0 Å². The van der Waals surface area contributed by atoms with E-state index in [9.17, 15) is 5.26 Å². The molecular weight excluding hydrogens is 384 g/mol. The number of anilines is 2. The Balaban J connectivity index is 2.48. The average Bonchev–Trinajstić information content (AvgIpc) is 3.07. The topological polar surface area (TPSA) is 103 Å². The summed E-state index contributed by atoms with van der Waals surface area (Å²) in [5.41, 5.74) is 2.73. The number of pyridine rings is 1. The van der Waals surface area contributed by atoms with E-state index in [0.29, 0.717) is 44.8 Å². The molecular formula is C20H26N8S. The first-order valence-electron chi connectivity index (χ1n) is 9.75. The molecule has 2 N–H and O–H groups in total. The van der Waals surface area contributed by atoms with Gasteiger partial charge in [0.2, 0.25) is 5.69 Å². The highest BCUT2D eigenvalue weighted by molar-refractivity contribution is 7.10. The van der Waals surface area contributed by atoms with Crippen LogP contribution in [0.25, 0.3) is 4.85 Å². The highest BCUT2D eigenvalue weighted by Crippen LogP contribution is 2.40. The summed E-state index contributed by atoms with van der Waals surface area (Å²) in [5, 5.41) is 25.0. The molecule has 0 saturated heterocycles. The standard InChI is InChI=1S/C20H26N8S/c1-6-8-10-23-18-16(22-5)13(3)17(19(25-18)24-11-9-7-2)26-27-20-15(12-21)14(4)28-29-20/h6-11H2,1-4H3,(H2,23,24,25). The second-order valence-electron chi connectivity index (χ2n) is 6.56. The molecule has 2 aromatic heterocycles. The second-order valence-corrected chi connectivity index (χ2v) is 7.32. The Hall–Kier alpha value is -3.04. The number of hydrogen-bond donors (Lipinski definition) is 2. The SMILES string of the molecule is [C-]#[N+]c1c(NCCCC)nc(NCCCC)c(N=Nc2snc(C)c2C#N)c1C. The van der Waals surface area contributed by atoms with Crippen LogP contribution >= 0.6 is 11.5 Å². The summed E-state index contributed by atoms with van der Waals surface area (Å²) in [5.74, 6) is 1.15. The van der Waals surface area contributed by atoms with Gasteiger partial charge in [0.1, 0.15) is 23.1 Å². The van der Waals surface area contributed by atoms with E-state index in [1.54, 1.807) is 6.92 Å². The normalized spacial score (nSPS) is 10.7. The maximum atomic E-state index is 9.30. The molecule has 2 aromatic rings. The lowest BCUT2D eigenvalue weighted by Crippen LogP contribution is -2.08. The van der Waals surface area contributed by atoms with Crippen LogP contribution in [0.2, 0.25) is 0 Å². The lowest BCUT2D eigenvalue weighted by molar-refractivity contribution is 0.826. The first kappa shape index (κ1) is 22.3. The number of nitrogens with one attached hydrogen (secondary N) is 2. The average molecular weight is 411 g/mol. The minimum atomic E-state index is 0.424. The number of azo groups is 1. The van der Waals surface area contributed by atoms with Gasteiger partial charge in [-0.2, -0.15) is 9.64 Å². The largest absolute Gasteiger partial charge is 0.379 e. The molecule has 0 aliphatic heterocycles. The monoisotopic (exact) mass is 410 g/mol. The van der Waals surface area contributed by atoms with Crippen molar-refractivity contribution in [2.45, 2.75) is 53.4 Å². The van der Waals surface area contributed by atoms with Crippen LogP contribution in [0.1, 0.15) is 56.4 Å². The van der Waals surface area contributed by atoms with Crippen LogP contribution in [-0.4, -0.2) is 22.4 Å². The van der Waals surface area contributed by atoms with Crippen molar-refractivity contribution in [2.24, 2.45) is 10.2 Å². The van der Waals surface area contributed by atoms with Gasteiger partial charge in [0, 0.05) is 13.1 Å². The maximum absolute atomic E-state index is 9.30. The Labute approximate surface area is 176 Å². The molecule has 8 nitrogen and oxygen atoms in total. The molecule has 0 bridgehead atoms. The van der Waals surface area contributed by atoms with E-state index in [1.165, 1.54) is 0 Å². The first-order valence-corrected chi connectivity index (χ1v) is 10.5. The summed E-state index contributed by atoms with van der Waals surface area (Å²) in [7, 11) is 0. The van der Waals surface area contributed by atoms with Crippen molar-refractivity contribution in [3.8, 4) is 6.07 Å². The lowest BCUT2D eigenvalue weighted by atomic mass is 10.2. The smallest absolute Gasteiger partial charge is 0.233 e. The van der Waals surface area contributed by atoms with Crippen molar-refractivity contribution in [3.05, 3.63) is 28.2 Å². The van der Waals surface area contributed by atoms with Gasteiger partial charge in [-0.1, -0.05) is 26.7 Å². The van der Waals surface area contributed by atoms with Crippen LogP contribution in [0.5, 0.6) is 0 Å². The van der Waals surface area contributed by atoms with Crippen molar-refractivity contribution < 1.29 is 0 Å². The molecule has 0 spiro atoms. The molecule has 0 saturated carbocycles. The van der Waals surface area contributed by atoms with E-state index >= 15 is 0 Å². The number of unbranched alkanes of at least 4 members (excludes halogenated alkanes) is 2. The van der Waals surface area contributed by atoms with Gasteiger partial charge in [-0.3, -0.25) is 0 Å². The summed E-state index contributed by atoms with van der Waals surface area (Å²) >= 11 is 1.13. The van der Waals surface area contributed by atoms with Crippen LogP contribution < -0.4 is 10.6 Å². The Morgan fingerprint density at radius 2 is 1.76 bits per heavy atom. The van der Waals surface area contributed by atoms with E-state index in [-0.39, 0.29) is 0 Å². The first-order chi connectivity index (χ1) is 14.1. The predicted octanol–water partition coefficient (Wildman–Crippen LogP) is 6.42. The number of nitriles is 1. The molecule has 0 fully saturated rings. The number of aromatic nitrogens is 2.